The normalized spacial score (nSPS) is 48.2. The van der Waals surface area contributed by atoms with Crippen LogP contribution in [0.3, 0.4) is 0 Å². The highest BCUT2D eigenvalue weighted by molar-refractivity contribution is 5.40. The van der Waals surface area contributed by atoms with E-state index in [-0.39, 0.29) is 5.54 Å². The molecule has 0 amide bonds. The summed E-state index contributed by atoms with van der Waals surface area (Å²) in [5, 5.41) is 4.20. The van der Waals surface area contributed by atoms with E-state index >= 15 is 0 Å². The zero-order valence-corrected chi connectivity index (χ0v) is 22.7. The molecule has 0 radical (unpaired) electrons. The van der Waals surface area contributed by atoms with Gasteiger partial charge < -0.3 is 5.32 Å². The molecular weight excluding hydrogens is 460 g/mol. The predicted molar refractivity (Wildman–Crippen MR) is 157 cm³/mol. The molecule has 8 aliphatic rings. The van der Waals surface area contributed by atoms with Crippen molar-refractivity contribution in [3.8, 4) is 0 Å². The molecule has 2 aliphatic heterocycles. The molecule has 198 valence electrons. The second-order valence-corrected chi connectivity index (χ2v) is 13.3. The standard InChI is InChI=1S/C36H44N2/c1-2-10-25(11-3-1)26-17-19-27(20-18-26)37-28-21-22-30-29-12-4-6-14-32(29)36(34(30)24-28)33-15-7-5-13-31(33)35-16-8-9-23-38(35)36/h2,4-8,10-16,21-22,26-35,37H,1,3,9,17-20,23-24H2. The first kappa shape index (κ1) is 23.7. The average molecular weight is 505 g/mol. The van der Waals surface area contributed by atoms with Crippen molar-refractivity contribution < 1.29 is 0 Å². The fourth-order valence-corrected chi connectivity index (χ4v) is 10.4. The van der Waals surface area contributed by atoms with E-state index in [1.807, 2.05) is 0 Å². The number of hydrogen-bond donors (Lipinski definition) is 1. The lowest BCUT2D eigenvalue weighted by Gasteiger charge is -2.51. The fraction of sp³-hybridized carbons (Fsp3) is 0.556. The van der Waals surface area contributed by atoms with Crippen molar-refractivity contribution in [1.29, 1.82) is 0 Å². The van der Waals surface area contributed by atoms with Crippen LogP contribution in [0.4, 0.5) is 0 Å². The van der Waals surface area contributed by atoms with Gasteiger partial charge >= 0.3 is 0 Å². The van der Waals surface area contributed by atoms with Crippen LogP contribution in [0.2, 0.25) is 0 Å². The number of nitrogens with one attached hydrogen (secondary N) is 1. The summed E-state index contributed by atoms with van der Waals surface area (Å²) in [7, 11) is 0. The predicted octanol–water partition coefficient (Wildman–Crippen LogP) is 7.09. The molecule has 9 atom stereocenters. The summed E-state index contributed by atoms with van der Waals surface area (Å²) in [5.74, 6) is 4.62. The average Bonchev–Trinajstić information content (AvgIpc) is 3.45. The van der Waals surface area contributed by atoms with Gasteiger partial charge in [-0.25, -0.2) is 0 Å². The Balaban J connectivity index is 1.07. The number of allylic oxidation sites excluding steroid dienone is 10. The van der Waals surface area contributed by atoms with E-state index in [2.05, 4.69) is 101 Å². The molecule has 2 saturated carbocycles. The van der Waals surface area contributed by atoms with Crippen LogP contribution < -0.4 is 5.32 Å². The molecule has 0 bridgehead atoms. The highest BCUT2D eigenvalue weighted by Gasteiger charge is 2.69. The molecule has 2 heteroatoms. The largest absolute Gasteiger partial charge is 0.308 e. The third-order valence-electron chi connectivity index (χ3n) is 11.8. The lowest BCUT2D eigenvalue weighted by Crippen LogP contribution is -2.59. The Morgan fingerprint density at radius 3 is 2.32 bits per heavy atom. The first-order chi connectivity index (χ1) is 18.8. The Morgan fingerprint density at radius 2 is 1.50 bits per heavy atom. The molecule has 8 rings (SSSR count). The van der Waals surface area contributed by atoms with Crippen molar-refractivity contribution in [1.82, 2.24) is 10.2 Å². The van der Waals surface area contributed by atoms with Crippen molar-refractivity contribution in [2.24, 2.45) is 41.4 Å². The summed E-state index contributed by atoms with van der Waals surface area (Å²) in [6.07, 6.45) is 47.6. The number of rotatable bonds is 3. The van der Waals surface area contributed by atoms with Crippen molar-refractivity contribution in [3.63, 3.8) is 0 Å². The van der Waals surface area contributed by atoms with Gasteiger partial charge in [0, 0.05) is 48.0 Å². The maximum absolute atomic E-state index is 4.20. The summed E-state index contributed by atoms with van der Waals surface area (Å²) in [6, 6.07) is 1.74. The molecule has 3 fully saturated rings. The van der Waals surface area contributed by atoms with E-state index in [0.717, 1.165) is 5.92 Å². The molecule has 1 saturated heterocycles. The second kappa shape index (κ2) is 9.49. The van der Waals surface area contributed by atoms with Crippen molar-refractivity contribution in [3.05, 3.63) is 96.7 Å². The van der Waals surface area contributed by atoms with Crippen LogP contribution in [0.1, 0.15) is 51.4 Å². The van der Waals surface area contributed by atoms with Gasteiger partial charge in [-0.2, -0.15) is 0 Å². The molecule has 0 aromatic rings. The Hall–Kier alpha value is -2.16. The SMILES string of the molecule is C1=CC2C3C=CC(NC4CCC(C5=CCCC=C5)CC4)CC3C3(C2C=C1)C1C=CC=CC1C1C=CCCN13. The summed E-state index contributed by atoms with van der Waals surface area (Å²) >= 11 is 0. The Labute approximate surface area is 229 Å². The van der Waals surface area contributed by atoms with Gasteiger partial charge in [-0.1, -0.05) is 91.1 Å². The molecule has 2 heterocycles. The van der Waals surface area contributed by atoms with E-state index in [1.165, 1.54) is 57.9 Å². The summed E-state index contributed by atoms with van der Waals surface area (Å²) in [4.78, 5) is 3.01. The molecule has 0 aromatic carbocycles. The van der Waals surface area contributed by atoms with Gasteiger partial charge in [-0.3, -0.25) is 4.90 Å². The first-order valence-corrected chi connectivity index (χ1v) is 15.8. The molecule has 6 aliphatic carbocycles. The van der Waals surface area contributed by atoms with E-state index in [0.29, 0.717) is 53.6 Å². The molecule has 38 heavy (non-hydrogen) atoms. The van der Waals surface area contributed by atoms with Gasteiger partial charge in [0.1, 0.15) is 0 Å². The van der Waals surface area contributed by atoms with Gasteiger partial charge in [0.25, 0.3) is 0 Å². The van der Waals surface area contributed by atoms with Crippen molar-refractivity contribution >= 4 is 0 Å². The van der Waals surface area contributed by atoms with E-state index in [1.54, 1.807) is 5.57 Å². The summed E-state index contributed by atoms with van der Waals surface area (Å²) in [6.45, 7) is 1.22. The number of hydrogen-bond acceptors (Lipinski definition) is 2. The fourth-order valence-electron chi connectivity index (χ4n) is 10.4. The van der Waals surface area contributed by atoms with E-state index < -0.39 is 0 Å². The van der Waals surface area contributed by atoms with E-state index in [9.17, 15) is 0 Å². The first-order valence-electron chi connectivity index (χ1n) is 15.8. The van der Waals surface area contributed by atoms with Crippen molar-refractivity contribution in [2.45, 2.75) is 75.0 Å². The van der Waals surface area contributed by atoms with Gasteiger partial charge in [-0.05, 0) is 80.6 Å². The van der Waals surface area contributed by atoms with Crippen LogP contribution in [-0.2, 0) is 0 Å². The topological polar surface area (TPSA) is 15.3 Å². The van der Waals surface area contributed by atoms with Crippen LogP contribution >= 0.6 is 0 Å². The van der Waals surface area contributed by atoms with Gasteiger partial charge in [0.2, 0.25) is 0 Å². The lowest BCUT2D eigenvalue weighted by atomic mass is 9.64. The third kappa shape index (κ3) is 3.52. The van der Waals surface area contributed by atoms with Crippen LogP contribution in [0.25, 0.3) is 0 Å². The van der Waals surface area contributed by atoms with Crippen LogP contribution in [0.15, 0.2) is 96.7 Å². The van der Waals surface area contributed by atoms with Crippen LogP contribution in [0.5, 0.6) is 0 Å². The third-order valence-corrected chi connectivity index (χ3v) is 11.8. The summed E-state index contributed by atoms with van der Waals surface area (Å²) in [5.41, 5.74) is 1.85. The monoisotopic (exact) mass is 504 g/mol. The quantitative estimate of drug-likeness (QED) is 0.413. The molecule has 0 aromatic heterocycles. The Bertz CT molecular complexity index is 1160. The highest BCUT2D eigenvalue weighted by Crippen LogP contribution is 2.66. The highest BCUT2D eigenvalue weighted by atomic mass is 15.3. The van der Waals surface area contributed by atoms with Crippen LogP contribution in [0, 0.1) is 41.4 Å². The molecule has 1 N–H and O–H groups in total. The van der Waals surface area contributed by atoms with E-state index in [4.69, 9.17) is 0 Å². The zero-order valence-electron chi connectivity index (χ0n) is 22.7. The van der Waals surface area contributed by atoms with Gasteiger partial charge in [0.15, 0.2) is 0 Å². The maximum Gasteiger partial charge on any atom is 0.0387 e. The minimum Gasteiger partial charge on any atom is -0.308 e. The molecule has 1 spiro atoms. The minimum absolute atomic E-state index is 0.222. The smallest absolute Gasteiger partial charge is 0.0387 e. The lowest BCUT2D eigenvalue weighted by molar-refractivity contribution is 0.0173. The maximum atomic E-state index is 4.20. The molecule has 2 nitrogen and oxygen atoms in total. The number of nitrogens with zero attached hydrogens (tertiary/aromatic N) is 1. The minimum atomic E-state index is 0.222. The van der Waals surface area contributed by atoms with Gasteiger partial charge in [0.05, 0.1) is 0 Å². The van der Waals surface area contributed by atoms with Crippen molar-refractivity contribution in [2.75, 3.05) is 6.54 Å². The van der Waals surface area contributed by atoms with Crippen LogP contribution in [-0.4, -0.2) is 35.1 Å². The molecule has 9 unspecified atom stereocenters. The van der Waals surface area contributed by atoms with Gasteiger partial charge in [-0.15, -0.1) is 0 Å². The zero-order chi connectivity index (χ0) is 25.1. The molecular formula is C36H44N2. The Morgan fingerprint density at radius 1 is 0.711 bits per heavy atom. The Kier molecular flexibility index (Phi) is 5.92. The second-order valence-electron chi connectivity index (χ2n) is 13.3. The summed E-state index contributed by atoms with van der Waals surface area (Å²) < 4.78 is 0. The number of fused-ring (bicyclic) bond motifs is 10.